The molecule has 0 bridgehead atoms. The number of carbonyl (C=O) groups is 1. The second-order valence-corrected chi connectivity index (χ2v) is 6.63. The number of nitrogens with one attached hydrogen (secondary N) is 1. The Morgan fingerprint density at radius 3 is 3.08 bits per heavy atom. The second kappa shape index (κ2) is 8.29. The molecule has 0 spiro atoms. The minimum Gasteiger partial charge on any atom is -0.396 e. The number of hydrogen-bond donors (Lipinski definition) is 2. The molecule has 3 rings (SSSR count). The van der Waals surface area contributed by atoms with E-state index in [9.17, 15) is 9.90 Å². The van der Waals surface area contributed by atoms with Crippen LogP contribution in [-0.2, 0) is 0 Å². The van der Waals surface area contributed by atoms with Gasteiger partial charge in [-0.2, -0.15) is 0 Å². The van der Waals surface area contributed by atoms with E-state index >= 15 is 0 Å². The zero-order chi connectivity index (χ0) is 17.6. The quantitative estimate of drug-likeness (QED) is 0.843. The Kier molecular flexibility index (Phi) is 5.86. The van der Waals surface area contributed by atoms with Gasteiger partial charge in [0.2, 0.25) is 0 Å². The van der Waals surface area contributed by atoms with Crippen LogP contribution >= 0.6 is 0 Å². The lowest BCUT2D eigenvalue weighted by Gasteiger charge is -2.36. The average Bonchev–Trinajstić information content (AvgIpc) is 3.06. The van der Waals surface area contributed by atoms with Gasteiger partial charge in [0.15, 0.2) is 11.5 Å². The summed E-state index contributed by atoms with van der Waals surface area (Å²) in [5.74, 6) is 0.765. The molecule has 7 nitrogen and oxygen atoms in total. The first-order chi connectivity index (χ1) is 12.2. The first kappa shape index (κ1) is 17.7. The molecule has 0 aliphatic carbocycles. The summed E-state index contributed by atoms with van der Waals surface area (Å²) < 4.78 is 1.93. The number of carbonyl (C=O) groups excluding carboxylic acids is 1. The van der Waals surface area contributed by atoms with E-state index in [1.54, 1.807) is 0 Å². The molecule has 2 unspecified atom stereocenters. The molecule has 2 atom stereocenters. The molecule has 1 aliphatic heterocycles. The Morgan fingerprint density at radius 2 is 2.28 bits per heavy atom. The number of fused-ring (bicyclic) bond motifs is 1. The number of rotatable bonds is 6. The monoisotopic (exact) mass is 345 g/mol. The summed E-state index contributed by atoms with van der Waals surface area (Å²) in [6.45, 7) is 2.95. The van der Waals surface area contributed by atoms with Crippen molar-refractivity contribution in [1.29, 1.82) is 0 Å². The maximum atomic E-state index is 12.9. The number of aromatic nitrogens is 3. The van der Waals surface area contributed by atoms with Gasteiger partial charge in [-0.1, -0.05) is 19.4 Å². The minimum atomic E-state index is -0.174. The fraction of sp³-hybridized carbons (Fsp3) is 0.611. The minimum absolute atomic E-state index is 0.0655. The zero-order valence-electron chi connectivity index (χ0n) is 14.8. The number of amides is 2. The summed E-state index contributed by atoms with van der Waals surface area (Å²) in [6.07, 6.45) is 7.39. The van der Waals surface area contributed by atoms with Gasteiger partial charge < -0.3 is 15.3 Å². The molecule has 0 aromatic carbocycles. The summed E-state index contributed by atoms with van der Waals surface area (Å²) in [4.78, 5) is 14.8. The first-order valence-corrected chi connectivity index (χ1v) is 9.22. The van der Waals surface area contributed by atoms with Crippen molar-refractivity contribution >= 4 is 11.7 Å². The second-order valence-electron chi connectivity index (χ2n) is 6.63. The maximum absolute atomic E-state index is 12.9. The first-order valence-electron chi connectivity index (χ1n) is 9.22. The van der Waals surface area contributed by atoms with Crippen LogP contribution in [0.4, 0.5) is 4.79 Å². The van der Waals surface area contributed by atoms with Gasteiger partial charge in [0, 0.05) is 25.4 Å². The third-order valence-electron chi connectivity index (χ3n) is 4.88. The molecule has 0 saturated carbocycles. The zero-order valence-corrected chi connectivity index (χ0v) is 14.8. The predicted molar refractivity (Wildman–Crippen MR) is 95.2 cm³/mol. The Labute approximate surface area is 148 Å². The number of pyridine rings is 1. The SMILES string of the molecule is CCCC(NC(=O)N1CCCCC1CCO)c1nnc2ccccn12. The van der Waals surface area contributed by atoms with Gasteiger partial charge in [-0.25, -0.2) is 4.79 Å². The van der Waals surface area contributed by atoms with Crippen molar-refractivity contribution in [2.75, 3.05) is 13.2 Å². The van der Waals surface area contributed by atoms with Crippen molar-refractivity contribution in [2.45, 2.75) is 57.5 Å². The van der Waals surface area contributed by atoms with Crippen molar-refractivity contribution < 1.29 is 9.90 Å². The largest absolute Gasteiger partial charge is 0.396 e. The molecule has 25 heavy (non-hydrogen) atoms. The van der Waals surface area contributed by atoms with Crippen LogP contribution in [-0.4, -0.2) is 49.8 Å². The van der Waals surface area contributed by atoms with Crippen LogP contribution < -0.4 is 5.32 Å². The molecule has 136 valence electrons. The van der Waals surface area contributed by atoms with Crippen molar-refractivity contribution in [1.82, 2.24) is 24.8 Å². The van der Waals surface area contributed by atoms with Crippen molar-refractivity contribution in [3.63, 3.8) is 0 Å². The van der Waals surface area contributed by atoms with Crippen LogP contribution in [0, 0.1) is 0 Å². The average molecular weight is 345 g/mol. The number of urea groups is 1. The number of aliphatic hydroxyl groups excluding tert-OH is 1. The number of likely N-dealkylation sites (tertiary alicyclic amines) is 1. The molecule has 7 heteroatoms. The number of nitrogens with zero attached hydrogens (tertiary/aromatic N) is 4. The number of hydrogen-bond acceptors (Lipinski definition) is 4. The fourth-order valence-electron chi connectivity index (χ4n) is 3.60. The molecule has 1 saturated heterocycles. The molecule has 1 aliphatic rings. The van der Waals surface area contributed by atoms with Crippen LogP contribution in [0.2, 0.25) is 0 Å². The van der Waals surface area contributed by atoms with E-state index in [1.807, 2.05) is 33.7 Å². The summed E-state index contributed by atoms with van der Waals surface area (Å²) in [7, 11) is 0. The Bertz CT molecular complexity index is 700. The predicted octanol–water partition coefficient (Wildman–Crippen LogP) is 2.52. The van der Waals surface area contributed by atoms with E-state index in [2.05, 4.69) is 22.4 Å². The van der Waals surface area contributed by atoms with E-state index in [0.29, 0.717) is 6.42 Å². The molecule has 1 fully saturated rings. The van der Waals surface area contributed by atoms with Gasteiger partial charge in [-0.15, -0.1) is 10.2 Å². The van der Waals surface area contributed by atoms with E-state index in [4.69, 9.17) is 0 Å². The summed E-state index contributed by atoms with van der Waals surface area (Å²) >= 11 is 0. The van der Waals surface area contributed by atoms with Crippen LogP contribution in [0.5, 0.6) is 0 Å². The summed E-state index contributed by atoms with van der Waals surface area (Å²) in [5, 5.41) is 20.9. The van der Waals surface area contributed by atoms with Gasteiger partial charge in [-0.05, 0) is 44.2 Å². The highest BCUT2D eigenvalue weighted by molar-refractivity contribution is 5.75. The summed E-state index contributed by atoms with van der Waals surface area (Å²) in [5.41, 5.74) is 0.781. The van der Waals surface area contributed by atoms with E-state index in [0.717, 1.165) is 50.1 Å². The molecule has 2 N–H and O–H groups in total. The Morgan fingerprint density at radius 1 is 1.40 bits per heavy atom. The highest BCUT2D eigenvalue weighted by Crippen LogP contribution is 2.22. The van der Waals surface area contributed by atoms with Crippen LogP contribution in [0.3, 0.4) is 0 Å². The molecular weight excluding hydrogens is 318 g/mol. The van der Waals surface area contributed by atoms with E-state index in [-0.39, 0.29) is 24.7 Å². The van der Waals surface area contributed by atoms with Gasteiger partial charge >= 0.3 is 6.03 Å². The Balaban J connectivity index is 1.78. The van der Waals surface area contributed by atoms with Gasteiger partial charge in [-0.3, -0.25) is 4.40 Å². The summed E-state index contributed by atoms with van der Waals surface area (Å²) in [6, 6.07) is 5.65. The normalized spacial score (nSPS) is 19.1. The van der Waals surface area contributed by atoms with E-state index in [1.165, 1.54) is 0 Å². The van der Waals surface area contributed by atoms with Crippen LogP contribution in [0.1, 0.15) is 57.3 Å². The molecule has 0 radical (unpaired) electrons. The lowest BCUT2D eigenvalue weighted by Crippen LogP contribution is -2.50. The number of piperidine rings is 1. The standard InChI is InChI=1S/C18H27N5O2/c1-2-7-15(17-21-20-16-9-4-6-12-23(16)17)19-18(25)22-11-5-3-8-14(22)10-13-24/h4,6,9,12,14-15,24H,2-3,5,7-8,10-11,13H2,1H3,(H,19,25). The van der Waals surface area contributed by atoms with E-state index < -0.39 is 0 Å². The maximum Gasteiger partial charge on any atom is 0.318 e. The fourth-order valence-corrected chi connectivity index (χ4v) is 3.60. The van der Waals surface area contributed by atoms with Crippen molar-refractivity contribution in [3.8, 4) is 0 Å². The van der Waals surface area contributed by atoms with Gasteiger partial charge in [0.05, 0.1) is 6.04 Å². The smallest absolute Gasteiger partial charge is 0.318 e. The van der Waals surface area contributed by atoms with Crippen LogP contribution in [0.25, 0.3) is 5.65 Å². The third kappa shape index (κ3) is 3.92. The molecule has 2 aromatic heterocycles. The molecule has 2 aromatic rings. The topological polar surface area (TPSA) is 82.8 Å². The molecule has 2 amide bonds. The van der Waals surface area contributed by atoms with Crippen LogP contribution in [0.15, 0.2) is 24.4 Å². The third-order valence-corrected chi connectivity index (χ3v) is 4.88. The van der Waals surface area contributed by atoms with Gasteiger partial charge in [0.25, 0.3) is 0 Å². The Hall–Kier alpha value is -2.15. The van der Waals surface area contributed by atoms with Gasteiger partial charge in [0.1, 0.15) is 0 Å². The van der Waals surface area contributed by atoms with Crippen molar-refractivity contribution in [2.24, 2.45) is 0 Å². The molecular formula is C18H27N5O2. The highest BCUT2D eigenvalue weighted by Gasteiger charge is 2.29. The lowest BCUT2D eigenvalue weighted by molar-refractivity contribution is 0.129. The highest BCUT2D eigenvalue weighted by atomic mass is 16.3. The lowest BCUT2D eigenvalue weighted by atomic mass is 10.00. The molecule has 3 heterocycles. The number of aliphatic hydroxyl groups is 1. The van der Waals surface area contributed by atoms with Crippen molar-refractivity contribution in [3.05, 3.63) is 30.2 Å².